The molecule has 9 heteroatoms. The molecule has 1 N–H and O–H groups in total. The number of benzene rings is 1. The molecule has 1 fully saturated rings. The van der Waals surface area contributed by atoms with E-state index in [1.807, 2.05) is 0 Å². The van der Waals surface area contributed by atoms with Gasteiger partial charge in [0.15, 0.2) is 0 Å². The number of carboxylic acids is 1. The quantitative estimate of drug-likeness (QED) is 0.776. The first-order chi connectivity index (χ1) is 12.3. The van der Waals surface area contributed by atoms with Gasteiger partial charge in [0.2, 0.25) is 0 Å². The Morgan fingerprint density at radius 2 is 1.88 bits per heavy atom. The Bertz CT molecular complexity index is 685. The van der Waals surface area contributed by atoms with E-state index in [2.05, 4.69) is 21.1 Å². The molecule has 1 unspecified atom stereocenters. The number of alkyl halides is 3. The monoisotopic (exact) mass is 434 g/mol. The zero-order chi connectivity index (χ0) is 18.9. The molecule has 0 amide bonds. The van der Waals surface area contributed by atoms with E-state index < -0.39 is 23.8 Å². The number of nitrogens with zero attached hydrogens (tertiary/aromatic N) is 2. The molecule has 2 heterocycles. The Morgan fingerprint density at radius 1 is 1.27 bits per heavy atom. The van der Waals surface area contributed by atoms with Crippen LogP contribution < -0.4 is 0 Å². The van der Waals surface area contributed by atoms with E-state index in [9.17, 15) is 23.1 Å². The summed E-state index contributed by atoms with van der Waals surface area (Å²) in [6, 6.07) is 3.40. The second-order valence-corrected chi connectivity index (χ2v) is 7.46. The number of likely N-dealkylation sites (tertiary alicyclic amines) is 1. The molecular weight excluding hydrogens is 417 g/mol. The van der Waals surface area contributed by atoms with Crippen LogP contribution in [-0.2, 0) is 15.8 Å². The zero-order valence-electron chi connectivity index (χ0n) is 13.7. The molecule has 142 valence electrons. The topological polar surface area (TPSA) is 62.1 Å². The number of rotatable bonds is 4. The van der Waals surface area contributed by atoms with Gasteiger partial charge in [0.1, 0.15) is 16.8 Å². The zero-order valence-corrected chi connectivity index (χ0v) is 15.3. The van der Waals surface area contributed by atoms with E-state index in [0.29, 0.717) is 25.1 Å². The lowest BCUT2D eigenvalue weighted by molar-refractivity contribution is -0.144. The third-order valence-corrected chi connectivity index (χ3v) is 5.38. The highest BCUT2D eigenvalue weighted by atomic mass is 79.9. The van der Waals surface area contributed by atoms with Gasteiger partial charge in [-0.1, -0.05) is 17.3 Å². The number of piperidine rings is 1. The van der Waals surface area contributed by atoms with Gasteiger partial charge in [0.25, 0.3) is 0 Å². The van der Waals surface area contributed by atoms with Crippen LogP contribution in [0.2, 0.25) is 0 Å². The van der Waals surface area contributed by atoms with Gasteiger partial charge in [0.05, 0.1) is 5.56 Å². The van der Waals surface area contributed by atoms with Crippen molar-refractivity contribution in [3.05, 3.63) is 35.4 Å². The van der Waals surface area contributed by atoms with Crippen molar-refractivity contribution in [2.75, 3.05) is 13.1 Å². The second-order valence-electron chi connectivity index (χ2n) is 6.55. The van der Waals surface area contributed by atoms with Gasteiger partial charge >= 0.3 is 12.1 Å². The lowest BCUT2D eigenvalue weighted by Crippen LogP contribution is -2.42. The first kappa shape index (κ1) is 19.2. The summed E-state index contributed by atoms with van der Waals surface area (Å²) >= 11 is 3.31. The fourth-order valence-electron chi connectivity index (χ4n) is 3.53. The van der Waals surface area contributed by atoms with Crippen LogP contribution in [0.1, 0.15) is 36.4 Å². The average molecular weight is 435 g/mol. The Kier molecular flexibility index (Phi) is 5.57. The standard InChI is InChI=1S/C17H18BrF3N2O3/c18-14-9-13(26-22-14)10-5-7-23(8-6-10)15(16(24)25)11-1-3-12(4-2-11)17(19,20)21/h1-4,10,13,15H,5-9H2,(H,24,25)/t13?,15-/m0/s1. The van der Waals surface area contributed by atoms with Crippen LogP contribution in [0.25, 0.3) is 0 Å². The predicted octanol–water partition coefficient (Wildman–Crippen LogP) is 4.04. The molecule has 0 aliphatic carbocycles. The first-order valence-corrected chi connectivity index (χ1v) is 9.07. The molecule has 5 nitrogen and oxygen atoms in total. The summed E-state index contributed by atoms with van der Waals surface area (Å²) in [5.74, 6) is -0.779. The van der Waals surface area contributed by atoms with E-state index in [1.165, 1.54) is 12.1 Å². The summed E-state index contributed by atoms with van der Waals surface area (Å²) in [5, 5.41) is 13.5. The molecule has 0 bridgehead atoms. The number of halogens is 4. The van der Waals surface area contributed by atoms with Crippen molar-refractivity contribution in [1.82, 2.24) is 4.90 Å². The van der Waals surface area contributed by atoms with Gasteiger partial charge in [-0.25, -0.2) is 0 Å². The fourth-order valence-corrected chi connectivity index (χ4v) is 3.93. The molecule has 0 saturated carbocycles. The van der Waals surface area contributed by atoms with Gasteiger partial charge in [-0.15, -0.1) is 0 Å². The van der Waals surface area contributed by atoms with Gasteiger partial charge in [-0.3, -0.25) is 9.69 Å². The van der Waals surface area contributed by atoms with Crippen molar-refractivity contribution < 1.29 is 27.9 Å². The molecule has 3 rings (SSSR count). The molecule has 2 aliphatic rings. The Labute approximate surface area is 156 Å². The molecule has 1 aromatic carbocycles. The van der Waals surface area contributed by atoms with Crippen LogP contribution in [0, 0.1) is 5.92 Å². The molecule has 0 aromatic heterocycles. The number of oxime groups is 1. The van der Waals surface area contributed by atoms with Crippen molar-refractivity contribution in [2.24, 2.45) is 11.1 Å². The van der Waals surface area contributed by atoms with Crippen LogP contribution in [0.15, 0.2) is 29.4 Å². The van der Waals surface area contributed by atoms with Crippen LogP contribution >= 0.6 is 15.9 Å². The molecule has 26 heavy (non-hydrogen) atoms. The smallest absolute Gasteiger partial charge is 0.416 e. The van der Waals surface area contributed by atoms with Crippen molar-refractivity contribution in [2.45, 2.75) is 37.6 Å². The minimum Gasteiger partial charge on any atom is -0.480 e. The number of carboxylic acid groups (broad SMARTS) is 1. The van der Waals surface area contributed by atoms with Crippen molar-refractivity contribution in [3.8, 4) is 0 Å². The van der Waals surface area contributed by atoms with Crippen LogP contribution in [-0.4, -0.2) is 39.8 Å². The van der Waals surface area contributed by atoms with Crippen molar-refractivity contribution in [1.29, 1.82) is 0 Å². The Balaban J connectivity index is 1.67. The maximum absolute atomic E-state index is 12.7. The van der Waals surface area contributed by atoms with Crippen LogP contribution in [0.3, 0.4) is 0 Å². The Hall–Kier alpha value is -1.61. The highest BCUT2D eigenvalue weighted by Crippen LogP contribution is 2.34. The second kappa shape index (κ2) is 7.56. The minimum absolute atomic E-state index is 0.000808. The maximum atomic E-state index is 12.7. The highest BCUT2D eigenvalue weighted by Gasteiger charge is 2.36. The molecule has 0 radical (unpaired) electrons. The van der Waals surface area contributed by atoms with Crippen molar-refractivity contribution >= 4 is 26.5 Å². The SMILES string of the molecule is O=C(O)[C@H](c1ccc(C(F)(F)F)cc1)N1CCC(C2CC(Br)=NO2)CC1. The molecule has 1 saturated heterocycles. The summed E-state index contributed by atoms with van der Waals surface area (Å²) in [5.41, 5.74) is -0.430. The lowest BCUT2D eigenvalue weighted by atomic mass is 9.88. The Morgan fingerprint density at radius 3 is 2.35 bits per heavy atom. The largest absolute Gasteiger partial charge is 0.480 e. The third kappa shape index (κ3) is 4.20. The minimum atomic E-state index is -4.44. The first-order valence-electron chi connectivity index (χ1n) is 8.28. The van der Waals surface area contributed by atoms with E-state index >= 15 is 0 Å². The van der Waals surface area contributed by atoms with Crippen molar-refractivity contribution in [3.63, 3.8) is 0 Å². The average Bonchev–Trinajstić information content (AvgIpc) is 3.01. The fraction of sp³-hybridized carbons (Fsp3) is 0.529. The molecular formula is C17H18BrF3N2O3. The summed E-state index contributed by atoms with van der Waals surface area (Å²) in [6.45, 7) is 1.08. The van der Waals surface area contributed by atoms with Gasteiger partial charge in [-0.05, 0) is 59.6 Å². The van der Waals surface area contributed by atoms with E-state index in [0.717, 1.165) is 29.6 Å². The molecule has 1 aromatic rings. The van der Waals surface area contributed by atoms with E-state index in [4.69, 9.17) is 4.84 Å². The van der Waals surface area contributed by atoms with Crippen LogP contribution in [0.4, 0.5) is 13.2 Å². The highest BCUT2D eigenvalue weighted by molar-refractivity contribution is 9.18. The third-order valence-electron chi connectivity index (χ3n) is 4.91. The van der Waals surface area contributed by atoms with Gasteiger partial charge in [-0.2, -0.15) is 13.2 Å². The molecule has 2 atom stereocenters. The number of hydrogen-bond donors (Lipinski definition) is 1. The predicted molar refractivity (Wildman–Crippen MR) is 92.0 cm³/mol. The number of hydrogen-bond acceptors (Lipinski definition) is 4. The normalized spacial score (nSPS) is 23.4. The number of carbonyl (C=O) groups is 1. The van der Waals surface area contributed by atoms with Crippen LogP contribution in [0.5, 0.6) is 0 Å². The summed E-state index contributed by atoms with van der Waals surface area (Å²) in [4.78, 5) is 18.9. The molecule has 2 aliphatic heterocycles. The number of aliphatic carboxylic acids is 1. The van der Waals surface area contributed by atoms with Gasteiger partial charge in [0, 0.05) is 12.3 Å². The maximum Gasteiger partial charge on any atom is 0.416 e. The van der Waals surface area contributed by atoms with E-state index in [-0.39, 0.29) is 12.0 Å². The summed E-state index contributed by atoms with van der Waals surface area (Å²) in [6.07, 6.45) is -2.21. The molecule has 0 spiro atoms. The van der Waals surface area contributed by atoms with E-state index in [1.54, 1.807) is 4.90 Å². The van der Waals surface area contributed by atoms with Gasteiger partial charge < -0.3 is 9.94 Å². The summed E-state index contributed by atoms with van der Waals surface area (Å²) in [7, 11) is 0. The lowest BCUT2D eigenvalue weighted by Gasteiger charge is -2.37. The summed E-state index contributed by atoms with van der Waals surface area (Å²) < 4.78 is 38.9.